The molecular formula is C13H14BrF3N2O. The number of halogens is 4. The zero-order chi connectivity index (χ0) is 14.9. The van der Waals surface area contributed by atoms with Crippen LogP contribution < -0.4 is 5.73 Å². The van der Waals surface area contributed by atoms with E-state index in [0.29, 0.717) is 17.6 Å². The van der Waals surface area contributed by atoms with Crippen LogP contribution >= 0.6 is 15.9 Å². The molecule has 2 rings (SSSR count). The summed E-state index contributed by atoms with van der Waals surface area (Å²) in [5, 5.41) is 0. The van der Waals surface area contributed by atoms with Gasteiger partial charge in [0.05, 0.1) is 11.1 Å². The second-order valence-electron chi connectivity index (χ2n) is 4.85. The molecule has 1 aliphatic heterocycles. The van der Waals surface area contributed by atoms with E-state index in [9.17, 15) is 18.0 Å². The number of nitrogens with two attached hydrogens (primary N) is 1. The van der Waals surface area contributed by atoms with E-state index >= 15 is 0 Å². The summed E-state index contributed by atoms with van der Waals surface area (Å²) in [5.74, 6) is -0.418. The van der Waals surface area contributed by atoms with Crippen molar-refractivity contribution < 1.29 is 18.0 Å². The number of amides is 1. The first-order valence-corrected chi connectivity index (χ1v) is 7.00. The molecular weight excluding hydrogens is 337 g/mol. The number of carbonyl (C=O) groups is 1. The predicted octanol–water partition coefficient (Wildman–Crippen LogP) is 3.03. The van der Waals surface area contributed by atoms with E-state index in [1.54, 1.807) is 0 Å². The van der Waals surface area contributed by atoms with Crippen molar-refractivity contribution in [1.82, 2.24) is 4.90 Å². The summed E-state index contributed by atoms with van der Waals surface area (Å²) in [6.45, 7) is 0.900. The Morgan fingerprint density at radius 2 is 2.10 bits per heavy atom. The van der Waals surface area contributed by atoms with E-state index in [1.807, 2.05) is 0 Å². The Balaban J connectivity index is 2.29. The topological polar surface area (TPSA) is 46.3 Å². The lowest BCUT2D eigenvalue weighted by Crippen LogP contribution is -2.45. The minimum Gasteiger partial charge on any atom is -0.337 e. The number of piperidine rings is 1. The van der Waals surface area contributed by atoms with Crippen LogP contribution in [0.2, 0.25) is 0 Å². The SMILES string of the molecule is NC1CCCN(C(=O)c2cc(C(F)(F)F)ccc2Br)C1. The van der Waals surface area contributed by atoms with Crippen molar-refractivity contribution in [2.24, 2.45) is 5.73 Å². The Hall–Kier alpha value is -1.08. The van der Waals surface area contributed by atoms with Gasteiger partial charge >= 0.3 is 6.18 Å². The molecule has 0 radical (unpaired) electrons. The van der Waals surface area contributed by atoms with E-state index in [0.717, 1.165) is 25.0 Å². The highest BCUT2D eigenvalue weighted by atomic mass is 79.9. The number of benzene rings is 1. The highest BCUT2D eigenvalue weighted by molar-refractivity contribution is 9.10. The molecule has 1 unspecified atom stereocenters. The summed E-state index contributed by atoms with van der Waals surface area (Å²) in [6.07, 6.45) is -2.87. The summed E-state index contributed by atoms with van der Waals surface area (Å²) in [4.78, 5) is 13.8. The molecule has 0 bridgehead atoms. The maximum Gasteiger partial charge on any atom is 0.416 e. The molecule has 1 aliphatic rings. The maximum atomic E-state index is 12.7. The molecule has 1 saturated heterocycles. The molecule has 1 atom stereocenters. The van der Waals surface area contributed by atoms with Crippen LogP contribution in [0.3, 0.4) is 0 Å². The summed E-state index contributed by atoms with van der Waals surface area (Å²) in [6, 6.07) is 2.97. The lowest BCUT2D eigenvalue weighted by Gasteiger charge is -2.31. The normalized spacial score (nSPS) is 20.1. The van der Waals surface area contributed by atoms with Crippen LogP contribution in [0.1, 0.15) is 28.8 Å². The monoisotopic (exact) mass is 350 g/mol. The molecule has 2 N–H and O–H groups in total. The van der Waals surface area contributed by atoms with Gasteiger partial charge in [0.25, 0.3) is 5.91 Å². The Labute approximate surface area is 123 Å². The van der Waals surface area contributed by atoms with E-state index in [1.165, 1.54) is 11.0 Å². The van der Waals surface area contributed by atoms with Gasteiger partial charge < -0.3 is 10.6 Å². The molecule has 1 amide bonds. The van der Waals surface area contributed by atoms with Gasteiger partial charge in [-0.05, 0) is 47.0 Å². The van der Waals surface area contributed by atoms with Crippen LogP contribution in [0.25, 0.3) is 0 Å². The van der Waals surface area contributed by atoms with Gasteiger partial charge in [0.1, 0.15) is 0 Å². The molecule has 1 aromatic rings. The van der Waals surface area contributed by atoms with Crippen molar-refractivity contribution in [2.45, 2.75) is 25.1 Å². The highest BCUT2D eigenvalue weighted by Crippen LogP contribution is 2.32. The first-order valence-electron chi connectivity index (χ1n) is 6.20. The Kier molecular flexibility index (Phi) is 4.39. The van der Waals surface area contributed by atoms with Crippen LogP contribution in [0.4, 0.5) is 13.2 Å². The lowest BCUT2D eigenvalue weighted by molar-refractivity contribution is -0.137. The third-order valence-electron chi connectivity index (χ3n) is 3.27. The molecule has 0 aliphatic carbocycles. The van der Waals surface area contributed by atoms with E-state index < -0.39 is 17.6 Å². The fourth-order valence-electron chi connectivity index (χ4n) is 2.23. The molecule has 20 heavy (non-hydrogen) atoms. The zero-order valence-electron chi connectivity index (χ0n) is 10.6. The van der Waals surface area contributed by atoms with Crippen molar-refractivity contribution in [2.75, 3.05) is 13.1 Å². The number of nitrogens with zero attached hydrogens (tertiary/aromatic N) is 1. The van der Waals surface area contributed by atoms with Crippen molar-refractivity contribution in [3.05, 3.63) is 33.8 Å². The number of likely N-dealkylation sites (tertiary alicyclic amines) is 1. The van der Waals surface area contributed by atoms with Crippen LogP contribution in [-0.4, -0.2) is 29.9 Å². The van der Waals surface area contributed by atoms with E-state index in [4.69, 9.17) is 5.73 Å². The third-order valence-corrected chi connectivity index (χ3v) is 3.96. The molecule has 0 spiro atoms. The predicted molar refractivity (Wildman–Crippen MR) is 72.3 cm³/mol. The van der Waals surface area contributed by atoms with E-state index in [-0.39, 0.29) is 11.6 Å². The average Bonchev–Trinajstić information content (AvgIpc) is 2.37. The fourth-order valence-corrected chi connectivity index (χ4v) is 2.65. The first kappa shape index (κ1) is 15.3. The number of carbonyl (C=O) groups excluding carboxylic acids is 1. The largest absolute Gasteiger partial charge is 0.416 e. The second kappa shape index (κ2) is 5.73. The number of rotatable bonds is 1. The second-order valence-corrected chi connectivity index (χ2v) is 5.70. The molecule has 110 valence electrons. The van der Waals surface area contributed by atoms with Crippen LogP contribution in [0.15, 0.2) is 22.7 Å². The summed E-state index contributed by atoms with van der Waals surface area (Å²) in [7, 11) is 0. The molecule has 1 heterocycles. The Bertz CT molecular complexity index is 519. The molecule has 3 nitrogen and oxygen atoms in total. The molecule has 0 aromatic heterocycles. The summed E-state index contributed by atoms with van der Waals surface area (Å²) >= 11 is 3.13. The van der Waals surface area contributed by atoms with Crippen LogP contribution in [0, 0.1) is 0 Å². The van der Waals surface area contributed by atoms with Crippen molar-refractivity contribution in [3.63, 3.8) is 0 Å². The fraction of sp³-hybridized carbons (Fsp3) is 0.462. The van der Waals surface area contributed by atoms with Gasteiger partial charge in [-0.25, -0.2) is 0 Å². The molecule has 0 saturated carbocycles. The lowest BCUT2D eigenvalue weighted by atomic mass is 10.0. The number of hydrogen-bond acceptors (Lipinski definition) is 2. The van der Waals surface area contributed by atoms with Gasteiger partial charge in [-0.2, -0.15) is 13.2 Å². The van der Waals surface area contributed by atoms with Gasteiger partial charge in [-0.15, -0.1) is 0 Å². The minimum atomic E-state index is -4.46. The highest BCUT2D eigenvalue weighted by Gasteiger charge is 2.32. The quantitative estimate of drug-likeness (QED) is 0.846. The van der Waals surface area contributed by atoms with Gasteiger partial charge in [0.2, 0.25) is 0 Å². The molecule has 1 fully saturated rings. The van der Waals surface area contributed by atoms with Crippen molar-refractivity contribution in [3.8, 4) is 0 Å². The minimum absolute atomic E-state index is 0.0222. The zero-order valence-corrected chi connectivity index (χ0v) is 12.2. The maximum absolute atomic E-state index is 12.7. The van der Waals surface area contributed by atoms with Gasteiger partial charge in [-0.3, -0.25) is 4.79 Å². The van der Waals surface area contributed by atoms with Gasteiger partial charge in [-0.1, -0.05) is 0 Å². The summed E-state index contributed by atoms with van der Waals surface area (Å²) in [5.41, 5.74) is 4.99. The Morgan fingerprint density at radius 1 is 1.40 bits per heavy atom. The summed E-state index contributed by atoms with van der Waals surface area (Å²) < 4.78 is 38.5. The van der Waals surface area contributed by atoms with Gasteiger partial charge in [0.15, 0.2) is 0 Å². The Morgan fingerprint density at radius 3 is 2.70 bits per heavy atom. The molecule has 1 aromatic carbocycles. The third kappa shape index (κ3) is 3.32. The number of alkyl halides is 3. The smallest absolute Gasteiger partial charge is 0.337 e. The first-order chi connectivity index (χ1) is 9.29. The van der Waals surface area contributed by atoms with Crippen LogP contribution in [0.5, 0.6) is 0 Å². The molecule has 7 heteroatoms. The number of hydrogen-bond donors (Lipinski definition) is 1. The van der Waals surface area contributed by atoms with Crippen LogP contribution in [-0.2, 0) is 6.18 Å². The standard InChI is InChI=1S/C13H14BrF3N2O/c14-11-4-3-8(13(15,16)17)6-10(11)12(20)19-5-1-2-9(18)7-19/h3-4,6,9H,1-2,5,7,18H2. The van der Waals surface area contributed by atoms with E-state index in [2.05, 4.69) is 15.9 Å². The van der Waals surface area contributed by atoms with Crippen molar-refractivity contribution in [1.29, 1.82) is 0 Å². The average molecular weight is 351 g/mol. The van der Waals surface area contributed by atoms with Crippen molar-refractivity contribution >= 4 is 21.8 Å². The van der Waals surface area contributed by atoms with Gasteiger partial charge in [0, 0.05) is 23.6 Å².